The van der Waals surface area contributed by atoms with Crippen LogP contribution >= 0.6 is 0 Å². The quantitative estimate of drug-likeness (QED) is 0.623. The fraction of sp³-hybridized carbons (Fsp3) is 0.333. The van der Waals surface area contributed by atoms with Crippen molar-refractivity contribution in [3.05, 3.63) is 33.9 Å². The standard InChI is InChI=1S/C12H11N3O5/c13-6-8-1-2-9(10(5-8)15(18)19)14-12(11(16)17)3-4-20-7-12/h1-2,5,14H,3-4,7H2,(H,16,17). The molecule has 2 rings (SSSR count). The van der Waals surface area contributed by atoms with Gasteiger partial charge in [0.15, 0.2) is 5.54 Å². The number of carboxylic acid groups (broad SMARTS) is 1. The van der Waals surface area contributed by atoms with Crippen molar-refractivity contribution in [1.82, 2.24) is 0 Å². The highest BCUT2D eigenvalue weighted by atomic mass is 16.6. The SMILES string of the molecule is N#Cc1ccc(NC2(C(=O)O)CCOC2)c([N+](=O)[O-])c1. The maximum absolute atomic E-state index is 11.4. The highest BCUT2D eigenvalue weighted by Crippen LogP contribution is 2.31. The molecule has 104 valence electrons. The number of carboxylic acids is 1. The van der Waals surface area contributed by atoms with Gasteiger partial charge < -0.3 is 15.2 Å². The lowest BCUT2D eigenvalue weighted by molar-refractivity contribution is -0.384. The molecule has 0 aromatic heterocycles. The summed E-state index contributed by atoms with van der Waals surface area (Å²) in [6.07, 6.45) is 0.208. The second-order valence-electron chi connectivity index (χ2n) is 4.42. The van der Waals surface area contributed by atoms with Crippen molar-refractivity contribution >= 4 is 17.3 Å². The monoisotopic (exact) mass is 277 g/mol. The zero-order valence-corrected chi connectivity index (χ0v) is 10.3. The summed E-state index contributed by atoms with van der Waals surface area (Å²) in [5.74, 6) is -1.13. The van der Waals surface area contributed by atoms with Gasteiger partial charge in [-0.1, -0.05) is 0 Å². The number of nitrogens with zero attached hydrogens (tertiary/aromatic N) is 2. The van der Waals surface area contributed by atoms with Crippen LogP contribution in [0.4, 0.5) is 11.4 Å². The van der Waals surface area contributed by atoms with Crippen molar-refractivity contribution in [1.29, 1.82) is 5.26 Å². The molecule has 20 heavy (non-hydrogen) atoms. The lowest BCUT2D eigenvalue weighted by atomic mass is 9.98. The van der Waals surface area contributed by atoms with Crippen molar-refractivity contribution in [2.75, 3.05) is 18.5 Å². The second-order valence-corrected chi connectivity index (χ2v) is 4.42. The van der Waals surface area contributed by atoms with E-state index in [1.807, 2.05) is 0 Å². The van der Waals surface area contributed by atoms with E-state index in [9.17, 15) is 20.0 Å². The van der Waals surface area contributed by atoms with Crippen LogP contribution in [-0.4, -0.2) is 34.8 Å². The molecule has 8 nitrogen and oxygen atoms in total. The van der Waals surface area contributed by atoms with Crippen LogP contribution in [0.15, 0.2) is 18.2 Å². The van der Waals surface area contributed by atoms with E-state index >= 15 is 0 Å². The third-order valence-electron chi connectivity index (χ3n) is 3.13. The van der Waals surface area contributed by atoms with Crippen LogP contribution in [0.2, 0.25) is 0 Å². The number of benzene rings is 1. The number of hydrogen-bond donors (Lipinski definition) is 2. The molecule has 1 atom stereocenters. The van der Waals surface area contributed by atoms with E-state index in [0.717, 1.165) is 6.07 Å². The van der Waals surface area contributed by atoms with Gasteiger partial charge >= 0.3 is 5.97 Å². The second kappa shape index (κ2) is 5.14. The first kappa shape index (κ1) is 13.8. The van der Waals surface area contributed by atoms with Gasteiger partial charge in [-0.3, -0.25) is 10.1 Å². The van der Waals surface area contributed by atoms with Crippen LogP contribution in [0, 0.1) is 21.4 Å². The van der Waals surface area contributed by atoms with Crippen LogP contribution in [0.3, 0.4) is 0 Å². The first-order valence-corrected chi connectivity index (χ1v) is 5.76. The Hall–Kier alpha value is -2.66. The van der Waals surface area contributed by atoms with E-state index in [2.05, 4.69) is 5.32 Å². The van der Waals surface area contributed by atoms with E-state index < -0.39 is 16.4 Å². The topological polar surface area (TPSA) is 125 Å². The Morgan fingerprint density at radius 3 is 2.85 bits per heavy atom. The number of aliphatic carboxylic acids is 1. The van der Waals surface area contributed by atoms with Crippen molar-refractivity contribution in [3.63, 3.8) is 0 Å². The Kier molecular flexibility index (Phi) is 3.54. The highest BCUT2D eigenvalue weighted by Gasteiger charge is 2.43. The summed E-state index contributed by atoms with van der Waals surface area (Å²) in [4.78, 5) is 21.7. The molecule has 1 unspecified atom stereocenters. The summed E-state index contributed by atoms with van der Waals surface area (Å²) in [5.41, 5.74) is -1.52. The molecule has 2 N–H and O–H groups in total. The molecule has 1 aromatic rings. The lowest BCUT2D eigenvalue weighted by Gasteiger charge is -2.24. The average molecular weight is 277 g/mol. The number of rotatable bonds is 4. The molecule has 1 heterocycles. The zero-order chi connectivity index (χ0) is 14.8. The molecule has 1 aromatic carbocycles. The normalized spacial score (nSPS) is 21.1. The van der Waals surface area contributed by atoms with Gasteiger partial charge in [0, 0.05) is 19.1 Å². The van der Waals surface area contributed by atoms with Gasteiger partial charge in [0.05, 0.1) is 23.2 Å². The van der Waals surface area contributed by atoms with Crippen molar-refractivity contribution in [2.24, 2.45) is 0 Å². The Labute approximate surface area is 113 Å². The van der Waals surface area contributed by atoms with E-state index in [4.69, 9.17) is 10.00 Å². The van der Waals surface area contributed by atoms with Crippen LogP contribution in [0.1, 0.15) is 12.0 Å². The van der Waals surface area contributed by atoms with Gasteiger partial charge in [0.1, 0.15) is 5.69 Å². The first-order chi connectivity index (χ1) is 9.48. The Morgan fingerprint density at radius 1 is 1.60 bits per heavy atom. The number of hydrogen-bond acceptors (Lipinski definition) is 6. The Morgan fingerprint density at radius 2 is 2.35 bits per heavy atom. The van der Waals surface area contributed by atoms with Gasteiger partial charge in [0.2, 0.25) is 0 Å². The molecule has 0 aliphatic carbocycles. The minimum atomic E-state index is -1.38. The van der Waals surface area contributed by atoms with Crippen LogP contribution in [-0.2, 0) is 9.53 Å². The Balaban J connectivity index is 2.40. The predicted molar refractivity (Wildman–Crippen MR) is 67.2 cm³/mol. The summed E-state index contributed by atoms with van der Waals surface area (Å²) >= 11 is 0. The van der Waals surface area contributed by atoms with Crippen LogP contribution < -0.4 is 5.32 Å². The molecule has 0 saturated carbocycles. The third kappa shape index (κ3) is 2.39. The molecule has 1 saturated heterocycles. The third-order valence-corrected chi connectivity index (χ3v) is 3.13. The van der Waals surface area contributed by atoms with Gasteiger partial charge in [-0.05, 0) is 12.1 Å². The van der Waals surface area contributed by atoms with Crippen molar-refractivity contribution in [2.45, 2.75) is 12.0 Å². The van der Waals surface area contributed by atoms with Crippen LogP contribution in [0.5, 0.6) is 0 Å². The lowest BCUT2D eigenvalue weighted by Crippen LogP contribution is -2.47. The number of nitriles is 1. The molecule has 0 bridgehead atoms. The van der Waals surface area contributed by atoms with Gasteiger partial charge in [-0.15, -0.1) is 0 Å². The number of ether oxygens (including phenoxy) is 1. The molecule has 0 spiro atoms. The molecule has 1 fully saturated rings. The molecule has 0 radical (unpaired) electrons. The largest absolute Gasteiger partial charge is 0.479 e. The van der Waals surface area contributed by atoms with Gasteiger partial charge in [-0.2, -0.15) is 5.26 Å². The van der Waals surface area contributed by atoms with Crippen LogP contribution in [0.25, 0.3) is 0 Å². The molecule has 8 heteroatoms. The minimum Gasteiger partial charge on any atom is -0.479 e. The minimum absolute atomic E-state index is 0.0573. The fourth-order valence-electron chi connectivity index (χ4n) is 2.00. The van der Waals surface area contributed by atoms with E-state index in [-0.39, 0.29) is 36.6 Å². The van der Waals surface area contributed by atoms with E-state index in [1.165, 1.54) is 12.1 Å². The number of nitrogens with one attached hydrogen (secondary N) is 1. The smallest absolute Gasteiger partial charge is 0.331 e. The summed E-state index contributed by atoms with van der Waals surface area (Å²) in [6.45, 7) is 0.197. The van der Waals surface area contributed by atoms with Crippen molar-refractivity contribution < 1.29 is 19.6 Å². The molecule has 1 aliphatic heterocycles. The van der Waals surface area contributed by atoms with Gasteiger partial charge in [0.25, 0.3) is 5.69 Å². The summed E-state index contributed by atoms with van der Waals surface area (Å²) in [5, 5.41) is 31.7. The highest BCUT2D eigenvalue weighted by molar-refractivity contribution is 5.84. The maximum Gasteiger partial charge on any atom is 0.331 e. The fourth-order valence-corrected chi connectivity index (χ4v) is 2.00. The average Bonchev–Trinajstić information content (AvgIpc) is 2.89. The number of nitro groups is 1. The summed E-state index contributed by atoms with van der Waals surface area (Å²) < 4.78 is 5.07. The molecular weight excluding hydrogens is 266 g/mol. The summed E-state index contributed by atoms with van der Waals surface area (Å²) in [6, 6.07) is 5.63. The van der Waals surface area contributed by atoms with Crippen molar-refractivity contribution in [3.8, 4) is 6.07 Å². The van der Waals surface area contributed by atoms with E-state index in [0.29, 0.717) is 0 Å². The number of nitro benzene ring substituents is 1. The number of carbonyl (C=O) groups is 1. The van der Waals surface area contributed by atoms with E-state index in [1.54, 1.807) is 6.07 Å². The zero-order valence-electron chi connectivity index (χ0n) is 10.3. The summed E-state index contributed by atoms with van der Waals surface area (Å²) in [7, 11) is 0. The predicted octanol–water partition coefficient (Wildman–Crippen LogP) is 1.12. The number of anilines is 1. The molecular formula is C12H11N3O5. The molecule has 1 aliphatic rings. The van der Waals surface area contributed by atoms with Gasteiger partial charge in [-0.25, -0.2) is 4.79 Å². The first-order valence-electron chi connectivity index (χ1n) is 5.76. The molecule has 0 amide bonds. The Bertz CT molecular complexity index is 602. The maximum atomic E-state index is 11.4.